The van der Waals surface area contributed by atoms with Gasteiger partial charge in [-0.05, 0) is 45.0 Å². The van der Waals surface area contributed by atoms with E-state index in [-0.39, 0.29) is 6.61 Å². The van der Waals surface area contributed by atoms with Gasteiger partial charge in [-0.2, -0.15) is 0 Å². The minimum Gasteiger partial charge on any atom is -0.390 e. The molecule has 4 nitrogen and oxygen atoms in total. The van der Waals surface area contributed by atoms with E-state index < -0.39 is 0 Å². The average Bonchev–Trinajstić information content (AvgIpc) is 2.29. The lowest BCUT2D eigenvalue weighted by Crippen LogP contribution is -2.35. The highest BCUT2D eigenvalue weighted by Crippen LogP contribution is 2.15. The van der Waals surface area contributed by atoms with E-state index in [0.29, 0.717) is 6.04 Å². The largest absolute Gasteiger partial charge is 0.390 e. The van der Waals surface area contributed by atoms with Gasteiger partial charge in [0.05, 0.1) is 12.3 Å². The van der Waals surface area contributed by atoms with Crippen LogP contribution < -0.4 is 10.6 Å². The number of hydrogen-bond donors (Lipinski definition) is 3. The Morgan fingerprint density at radius 1 is 1.44 bits per heavy atom. The first-order valence-corrected chi connectivity index (χ1v) is 5.83. The predicted molar refractivity (Wildman–Crippen MR) is 64.4 cm³/mol. The van der Waals surface area contributed by atoms with E-state index in [4.69, 9.17) is 5.11 Å². The number of aliphatic hydroxyl groups is 1. The fourth-order valence-electron chi connectivity index (χ4n) is 2.10. The van der Waals surface area contributed by atoms with E-state index in [2.05, 4.69) is 15.6 Å². The molecule has 4 heteroatoms. The number of nitrogens with zero attached hydrogens (tertiary/aromatic N) is 1. The Bertz CT molecular complexity index is 348. The number of pyridine rings is 1. The second-order valence-corrected chi connectivity index (χ2v) is 4.32. The third kappa shape index (κ3) is 2.93. The monoisotopic (exact) mass is 221 g/mol. The summed E-state index contributed by atoms with van der Waals surface area (Å²) in [5.41, 5.74) is 2.75. The molecule has 0 unspecified atom stereocenters. The van der Waals surface area contributed by atoms with Crippen LogP contribution in [-0.2, 0) is 6.61 Å². The first-order valence-electron chi connectivity index (χ1n) is 5.83. The summed E-state index contributed by atoms with van der Waals surface area (Å²) in [4.78, 5) is 4.24. The van der Waals surface area contributed by atoms with Crippen molar-refractivity contribution < 1.29 is 5.11 Å². The Kier molecular flexibility index (Phi) is 3.74. The number of hydrogen-bond acceptors (Lipinski definition) is 4. The summed E-state index contributed by atoms with van der Waals surface area (Å²) < 4.78 is 0. The van der Waals surface area contributed by atoms with E-state index in [9.17, 15) is 0 Å². The number of aromatic nitrogens is 1. The van der Waals surface area contributed by atoms with Gasteiger partial charge < -0.3 is 15.7 Å². The van der Waals surface area contributed by atoms with Crippen LogP contribution in [0.4, 0.5) is 5.69 Å². The summed E-state index contributed by atoms with van der Waals surface area (Å²) in [5, 5.41) is 15.9. The molecule has 0 bridgehead atoms. The van der Waals surface area contributed by atoms with Gasteiger partial charge in [-0.3, -0.25) is 4.98 Å². The van der Waals surface area contributed by atoms with Crippen molar-refractivity contribution in [3.05, 3.63) is 23.5 Å². The van der Waals surface area contributed by atoms with Crippen molar-refractivity contribution in [2.24, 2.45) is 0 Å². The van der Waals surface area contributed by atoms with Crippen LogP contribution in [0.1, 0.15) is 24.2 Å². The standard InChI is InChI=1S/C12H19N3O/c1-9-6-11(7-12(8-16)14-9)15-10-2-4-13-5-3-10/h6-7,10,13,16H,2-5,8H2,1H3,(H,14,15). The Hall–Kier alpha value is -1.13. The zero-order valence-electron chi connectivity index (χ0n) is 9.66. The van der Waals surface area contributed by atoms with E-state index in [1.807, 2.05) is 19.1 Å². The summed E-state index contributed by atoms with van der Waals surface area (Å²) in [6.07, 6.45) is 2.30. The number of nitrogens with one attached hydrogen (secondary N) is 2. The third-order valence-electron chi connectivity index (χ3n) is 2.88. The zero-order chi connectivity index (χ0) is 11.4. The van der Waals surface area contributed by atoms with Gasteiger partial charge in [0.2, 0.25) is 0 Å². The zero-order valence-corrected chi connectivity index (χ0v) is 9.66. The fraction of sp³-hybridized carbons (Fsp3) is 0.583. The van der Waals surface area contributed by atoms with Gasteiger partial charge in [0.15, 0.2) is 0 Å². The maximum absolute atomic E-state index is 9.09. The molecule has 1 aliphatic heterocycles. The molecule has 3 N–H and O–H groups in total. The number of anilines is 1. The minimum atomic E-state index is 0.00256. The lowest BCUT2D eigenvalue weighted by molar-refractivity contribution is 0.276. The fourth-order valence-corrected chi connectivity index (χ4v) is 2.10. The van der Waals surface area contributed by atoms with Crippen molar-refractivity contribution in [2.45, 2.75) is 32.4 Å². The predicted octanol–water partition coefficient (Wildman–Crippen LogP) is 1.05. The maximum atomic E-state index is 9.09. The molecule has 0 saturated carbocycles. The Labute approximate surface area is 96.1 Å². The van der Waals surface area contributed by atoms with Gasteiger partial charge in [0, 0.05) is 17.4 Å². The molecule has 1 aromatic heterocycles. The SMILES string of the molecule is Cc1cc(NC2CCNCC2)cc(CO)n1. The summed E-state index contributed by atoms with van der Waals surface area (Å²) in [5.74, 6) is 0. The quantitative estimate of drug-likeness (QED) is 0.714. The van der Waals surface area contributed by atoms with Crippen LogP contribution in [0, 0.1) is 6.92 Å². The Morgan fingerprint density at radius 3 is 2.88 bits per heavy atom. The molecule has 0 aliphatic carbocycles. The van der Waals surface area contributed by atoms with Gasteiger partial charge in [-0.15, -0.1) is 0 Å². The van der Waals surface area contributed by atoms with Gasteiger partial charge in [-0.25, -0.2) is 0 Å². The minimum absolute atomic E-state index is 0.00256. The summed E-state index contributed by atoms with van der Waals surface area (Å²) in [6, 6.07) is 4.49. The lowest BCUT2D eigenvalue weighted by atomic mass is 10.1. The van der Waals surface area contributed by atoms with Crippen LogP contribution in [0.2, 0.25) is 0 Å². The van der Waals surface area contributed by atoms with Gasteiger partial charge >= 0.3 is 0 Å². The van der Waals surface area contributed by atoms with Crippen LogP contribution in [0.15, 0.2) is 12.1 Å². The first-order chi connectivity index (χ1) is 7.78. The Balaban J connectivity index is 2.04. The normalized spacial score (nSPS) is 17.4. The van der Waals surface area contributed by atoms with Crippen LogP contribution in [-0.4, -0.2) is 29.2 Å². The number of rotatable bonds is 3. The molecular formula is C12H19N3O. The molecule has 1 aliphatic rings. The highest BCUT2D eigenvalue weighted by molar-refractivity contribution is 5.46. The van der Waals surface area contributed by atoms with Crippen molar-refractivity contribution in [2.75, 3.05) is 18.4 Å². The molecule has 0 amide bonds. The molecule has 0 radical (unpaired) electrons. The topological polar surface area (TPSA) is 57.2 Å². The molecule has 2 rings (SSSR count). The van der Waals surface area contributed by atoms with Crippen LogP contribution in [0.25, 0.3) is 0 Å². The van der Waals surface area contributed by atoms with Crippen molar-refractivity contribution in [3.63, 3.8) is 0 Å². The molecule has 0 aromatic carbocycles. The van der Waals surface area contributed by atoms with E-state index >= 15 is 0 Å². The maximum Gasteiger partial charge on any atom is 0.0853 e. The molecule has 1 fully saturated rings. The molecule has 1 saturated heterocycles. The van der Waals surface area contributed by atoms with Crippen molar-refractivity contribution >= 4 is 5.69 Å². The molecular weight excluding hydrogens is 202 g/mol. The van der Waals surface area contributed by atoms with E-state index in [0.717, 1.165) is 43.0 Å². The van der Waals surface area contributed by atoms with Gasteiger partial charge in [0.1, 0.15) is 0 Å². The first kappa shape index (κ1) is 11.4. The number of aliphatic hydroxyl groups excluding tert-OH is 1. The average molecular weight is 221 g/mol. The van der Waals surface area contributed by atoms with Crippen molar-refractivity contribution in [3.8, 4) is 0 Å². The highest BCUT2D eigenvalue weighted by Gasteiger charge is 2.12. The molecule has 0 atom stereocenters. The molecule has 88 valence electrons. The van der Waals surface area contributed by atoms with Crippen molar-refractivity contribution in [1.82, 2.24) is 10.3 Å². The number of aryl methyl sites for hydroxylation is 1. The molecule has 1 aromatic rings. The summed E-state index contributed by atoms with van der Waals surface area (Å²) in [7, 11) is 0. The van der Waals surface area contributed by atoms with Crippen LogP contribution in [0.3, 0.4) is 0 Å². The van der Waals surface area contributed by atoms with E-state index in [1.54, 1.807) is 0 Å². The Morgan fingerprint density at radius 2 is 2.19 bits per heavy atom. The van der Waals surface area contributed by atoms with Crippen LogP contribution >= 0.6 is 0 Å². The molecule has 0 spiro atoms. The summed E-state index contributed by atoms with van der Waals surface area (Å²) >= 11 is 0. The number of piperidine rings is 1. The van der Waals surface area contributed by atoms with Crippen LogP contribution in [0.5, 0.6) is 0 Å². The van der Waals surface area contributed by atoms with Gasteiger partial charge in [0.25, 0.3) is 0 Å². The smallest absolute Gasteiger partial charge is 0.0853 e. The van der Waals surface area contributed by atoms with Crippen molar-refractivity contribution in [1.29, 1.82) is 0 Å². The summed E-state index contributed by atoms with van der Waals surface area (Å²) in [6.45, 7) is 4.11. The third-order valence-corrected chi connectivity index (χ3v) is 2.88. The second-order valence-electron chi connectivity index (χ2n) is 4.32. The molecule has 2 heterocycles. The van der Waals surface area contributed by atoms with E-state index in [1.165, 1.54) is 0 Å². The lowest BCUT2D eigenvalue weighted by Gasteiger charge is -2.25. The van der Waals surface area contributed by atoms with Gasteiger partial charge in [-0.1, -0.05) is 0 Å². The highest BCUT2D eigenvalue weighted by atomic mass is 16.3. The second kappa shape index (κ2) is 5.27. The molecule has 16 heavy (non-hydrogen) atoms.